The van der Waals surface area contributed by atoms with E-state index < -0.39 is 0 Å². The molecule has 0 unspecified atom stereocenters. The van der Waals surface area contributed by atoms with Crippen molar-refractivity contribution in [3.63, 3.8) is 0 Å². The highest BCUT2D eigenvalue weighted by molar-refractivity contribution is 5.14. The molecule has 10 heavy (non-hydrogen) atoms. The van der Waals surface area contributed by atoms with Gasteiger partial charge in [0, 0.05) is 5.56 Å². The second-order valence-electron chi connectivity index (χ2n) is 2.72. The van der Waals surface area contributed by atoms with E-state index in [-0.39, 0.29) is 0 Å². The highest BCUT2D eigenvalue weighted by atomic mass is 15.0. The quantitative estimate of drug-likeness (QED) is 0.543. The maximum atomic E-state index is 2.16. The van der Waals surface area contributed by atoms with Crippen LogP contribution in [0.25, 0.3) is 0 Å². The van der Waals surface area contributed by atoms with Gasteiger partial charge in [-0.25, -0.2) is 0 Å². The van der Waals surface area contributed by atoms with Crippen molar-refractivity contribution in [2.24, 2.45) is 0 Å². The van der Waals surface area contributed by atoms with Gasteiger partial charge in [-0.15, -0.1) is 0 Å². The molecule has 0 aliphatic rings. The largest absolute Gasteiger partial charge is 0.171 e. The fourth-order valence-electron chi connectivity index (χ4n) is 0.949. The third-order valence-electron chi connectivity index (χ3n) is 1.34. The Morgan fingerprint density at radius 2 is 1.70 bits per heavy atom. The van der Waals surface area contributed by atoms with E-state index in [1.54, 1.807) is 0 Å². The summed E-state index contributed by atoms with van der Waals surface area (Å²) in [5, 5.41) is 0. The SMILES string of the molecule is C[N+](C)Cc1ccccc1. The molecular formula is C9H13N+. The van der Waals surface area contributed by atoms with Gasteiger partial charge in [-0.2, -0.15) is 4.90 Å². The third-order valence-corrected chi connectivity index (χ3v) is 1.34. The lowest BCUT2D eigenvalue weighted by molar-refractivity contribution is 0.562. The van der Waals surface area contributed by atoms with Crippen LogP contribution in [0.5, 0.6) is 0 Å². The molecule has 1 heteroatoms. The molecule has 0 aromatic heterocycles. The zero-order valence-corrected chi connectivity index (χ0v) is 6.54. The van der Waals surface area contributed by atoms with E-state index in [4.69, 9.17) is 0 Å². The molecule has 0 saturated heterocycles. The van der Waals surface area contributed by atoms with Crippen molar-refractivity contribution in [1.82, 2.24) is 4.90 Å². The van der Waals surface area contributed by atoms with Crippen LogP contribution in [0.1, 0.15) is 5.56 Å². The lowest BCUT2D eigenvalue weighted by Crippen LogP contribution is -2.17. The Morgan fingerprint density at radius 3 is 2.20 bits per heavy atom. The summed E-state index contributed by atoms with van der Waals surface area (Å²) in [6.07, 6.45) is 0. The molecule has 0 N–H and O–H groups in total. The molecule has 1 aromatic carbocycles. The van der Waals surface area contributed by atoms with E-state index in [9.17, 15) is 0 Å². The first-order valence-corrected chi connectivity index (χ1v) is 3.47. The third kappa shape index (κ3) is 2.19. The average molecular weight is 135 g/mol. The molecule has 1 nitrogen and oxygen atoms in total. The highest BCUT2D eigenvalue weighted by Crippen LogP contribution is 1.98. The molecule has 53 valence electrons. The van der Waals surface area contributed by atoms with E-state index >= 15 is 0 Å². The van der Waals surface area contributed by atoms with E-state index in [0.717, 1.165) is 6.54 Å². The number of hydrogen-bond donors (Lipinski definition) is 0. The smallest absolute Gasteiger partial charge is 0.147 e. The second kappa shape index (κ2) is 3.37. The molecule has 1 rings (SSSR count). The number of nitrogens with zero attached hydrogens (tertiary/aromatic N) is 1. The monoisotopic (exact) mass is 135 g/mol. The van der Waals surface area contributed by atoms with Gasteiger partial charge in [0.1, 0.15) is 20.6 Å². The Bertz CT molecular complexity index is 179. The van der Waals surface area contributed by atoms with Gasteiger partial charge in [-0.05, 0) is 0 Å². The number of rotatable bonds is 2. The van der Waals surface area contributed by atoms with Crippen molar-refractivity contribution in [3.05, 3.63) is 35.9 Å². The highest BCUT2D eigenvalue weighted by Gasteiger charge is 1.98. The molecule has 0 spiro atoms. The summed E-state index contributed by atoms with van der Waals surface area (Å²) < 4.78 is 0. The fraction of sp³-hybridized carbons (Fsp3) is 0.333. The van der Waals surface area contributed by atoms with Gasteiger partial charge >= 0.3 is 0 Å². The Labute approximate surface area is 62.3 Å². The van der Waals surface area contributed by atoms with E-state index in [1.165, 1.54) is 5.56 Å². The van der Waals surface area contributed by atoms with Crippen LogP contribution in [0.3, 0.4) is 0 Å². The van der Waals surface area contributed by atoms with Gasteiger partial charge < -0.3 is 0 Å². The van der Waals surface area contributed by atoms with Crippen molar-refractivity contribution in [2.45, 2.75) is 6.54 Å². The van der Waals surface area contributed by atoms with Crippen LogP contribution in [0, 0.1) is 0 Å². The maximum Gasteiger partial charge on any atom is 0.147 e. The first-order valence-electron chi connectivity index (χ1n) is 3.47. The second-order valence-corrected chi connectivity index (χ2v) is 2.72. The molecule has 0 amide bonds. The first-order chi connectivity index (χ1) is 4.79. The van der Waals surface area contributed by atoms with Gasteiger partial charge in [-0.1, -0.05) is 30.3 Å². The predicted octanol–water partition coefficient (Wildman–Crippen LogP) is 1.59. The van der Waals surface area contributed by atoms with Gasteiger partial charge in [0.15, 0.2) is 0 Å². The topological polar surface area (TPSA) is 5.90 Å². The predicted molar refractivity (Wildman–Crippen MR) is 44.1 cm³/mol. The first kappa shape index (κ1) is 7.29. The summed E-state index contributed by atoms with van der Waals surface area (Å²) in [7, 11) is 4.15. The van der Waals surface area contributed by atoms with E-state index in [0.29, 0.717) is 0 Å². The van der Waals surface area contributed by atoms with Gasteiger partial charge in [0.25, 0.3) is 0 Å². The molecule has 1 radical (unpaired) electrons. The van der Waals surface area contributed by atoms with Crippen LogP contribution < -0.4 is 4.90 Å². The van der Waals surface area contributed by atoms with Crippen LogP contribution in [0.4, 0.5) is 0 Å². The van der Waals surface area contributed by atoms with Crippen molar-refractivity contribution < 1.29 is 0 Å². The minimum Gasteiger partial charge on any atom is -0.171 e. The summed E-state index contributed by atoms with van der Waals surface area (Å²) in [4.78, 5) is 2.16. The van der Waals surface area contributed by atoms with E-state index in [2.05, 4.69) is 43.3 Å². The molecular weight excluding hydrogens is 122 g/mol. The lowest BCUT2D eigenvalue weighted by Gasteiger charge is -1.98. The van der Waals surface area contributed by atoms with Crippen molar-refractivity contribution in [2.75, 3.05) is 14.1 Å². The average Bonchev–Trinajstić information content (AvgIpc) is 1.88. The fourth-order valence-corrected chi connectivity index (χ4v) is 0.949. The van der Waals surface area contributed by atoms with Crippen molar-refractivity contribution in [1.29, 1.82) is 0 Å². The summed E-state index contributed by atoms with van der Waals surface area (Å²) in [5.41, 5.74) is 1.37. The minimum absolute atomic E-state index is 1.03. The number of hydrogen-bond acceptors (Lipinski definition) is 1. The lowest BCUT2D eigenvalue weighted by atomic mass is 10.2. The minimum atomic E-state index is 1.03. The van der Waals surface area contributed by atoms with Crippen molar-refractivity contribution in [3.8, 4) is 0 Å². The summed E-state index contributed by atoms with van der Waals surface area (Å²) >= 11 is 0. The molecule has 0 fully saturated rings. The number of benzene rings is 1. The van der Waals surface area contributed by atoms with Crippen LogP contribution in [-0.2, 0) is 6.54 Å². The molecule has 0 atom stereocenters. The normalized spacial score (nSPS) is 10.3. The molecule has 0 aliphatic carbocycles. The van der Waals surface area contributed by atoms with Gasteiger partial charge in [0.05, 0.1) is 0 Å². The van der Waals surface area contributed by atoms with Gasteiger partial charge in [-0.3, -0.25) is 0 Å². The Kier molecular flexibility index (Phi) is 2.46. The molecule has 0 bridgehead atoms. The summed E-state index contributed by atoms with van der Waals surface area (Å²) in [5.74, 6) is 0. The zero-order valence-electron chi connectivity index (χ0n) is 6.54. The van der Waals surface area contributed by atoms with E-state index in [1.807, 2.05) is 6.07 Å². The van der Waals surface area contributed by atoms with Crippen LogP contribution in [0.2, 0.25) is 0 Å². The molecule has 0 aliphatic heterocycles. The molecule has 1 aromatic rings. The summed E-state index contributed by atoms with van der Waals surface area (Å²) in [6, 6.07) is 10.5. The summed E-state index contributed by atoms with van der Waals surface area (Å²) in [6.45, 7) is 1.03. The zero-order chi connectivity index (χ0) is 7.40. The Morgan fingerprint density at radius 1 is 1.10 bits per heavy atom. The van der Waals surface area contributed by atoms with Crippen molar-refractivity contribution >= 4 is 0 Å². The van der Waals surface area contributed by atoms with Crippen LogP contribution in [-0.4, -0.2) is 14.1 Å². The molecule has 0 heterocycles. The molecule has 0 saturated carbocycles. The standard InChI is InChI=1S/C9H13N/c1-10(2)8-9-6-4-3-5-7-9/h3-7H,8H2,1-2H3/q+1. The van der Waals surface area contributed by atoms with Gasteiger partial charge in [0.2, 0.25) is 0 Å². The van der Waals surface area contributed by atoms with Crippen LogP contribution >= 0.6 is 0 Å². The maximum absolute atomic E-state index is 2.16. The Hall–Kier alpha value is -0.820. The Balaban J connectivity index is 2.59. The van der Waals surface area contributed by atoms with Crippen LogP contribution in [0.15, 0.2) is 30.3 Å².